The average Bonchev–Trinajstić information content (AvgIpc) is 2.41. The number of aromatic hydroxyl groups is 1. The minimum Gasteiger partial charge on any atom is -0.505 e. The van der Waals surface area contributed by atoms with E-state index in [1.165, 1.54) is 18.2 Å². The normalized spacial score (nSPS) is 10.1. The minimum absolute atomic E-state index is 0.0677. The first-order valence-corrected chi connectivity index (χ1v) is 5.93. The largest absolute Gasteiger partial charge is 0.505 e. The van der Waals surface area contributed by atoms with Crippen molar-refractivity contribution in [3.05, 3.63) is 59.2 Å². The number of para-hydroxylation sites is 1. The molecule has 0 unspecified atom stereocenters. The number of hydrogen-bond acceptors (Lipinski definition) is 3. The van der Waals surface area contributed by atoms with E-state index in [1.54, 1.807) is 25.1 Å². The van der Waals surface area contributed by atoms with Gasteiger partial charge in [-0.05, 0) is 30.7 Å². The molecule has 3 N–H and O–H groups in total. The molecule has 1 amide bonds. The summed E-state index contributed by atoms with van der Waals surface area (Å²) in [7, 11) is 0. The predicted octanol–water partition coefficient (Wildman–Crippen LogP) is 2.65. The van der Waals surface area contributed by atoms with Gasteiger partial charge in [0.25, 0.3) is 5.91 Å². The molecule has 0 aromatic heterocycles. The Balaban J connectivity index is 2.32. The first-order chi connectivity index (χ1) is 9.50. The molecule has 2 aromatic rings. The van der Waals surface area contributed by atoms with Gasteiger partial charge in [0.05, 0.1) is 5.69 Å². The van der Waals surface area contributed by atoms with E-state index in [0.29, 0.717) is 5.56 Å². The molecule has 0 heterocycles. The van der Waals surface area contributed by atoms with Crippen molar-refractivity contribution in [3.63, 3.8) is 0 Å². The summed E-state index contributed by atoms with van der Waals surface area (Å²) in [4.78, 5) is 23.0. The summed E-state index contributed by atoms with van der Waals surface area (Å²) in [5, 5.41) is 21.3. The lowest BCUT2D eigenvalue weighted by molar-refractivity contribution is 0.0693. The van der Waals surface area contributed by atoms with Gasteiger partial charge in [-0.25, -0.2) is 4.79 Å². The number of carboxylic acid groups (broad SMARTS) is 1. The molecule has 102 valence electrons. The maximum atomic E-state index is 12.1. The lowest BCUT2D eigenvalue weighted by atomic mass is 10.1. The van der Waals surface area contributed by atoms with E-state index >= 15 is 0 Å². The van der Waals surface area contributed by atoms with Gasteiger partial charge in [0, 0.05) is 5.56 Å². The number of rotatable bonds is 3. The van der Waals surface area contributed by atoms with Crippen molar-refractivity contribution in [2.75, 3.05) is 5.32 Å². The molecule has 0 bridgehead atoms. The molecular formula is C15H13NO4. The first kappa shape index (κ1) is 13.6. The second-order valence-electron chi connectivity index (χ2n) is 4.28. The summed E-state index contributed by atoms with van der Waals surface area (Å²) in [6, 6.07) is 11.2. The molecule has 0 aliphatic heterocycles. The fourth-order valence-corrected chi connectivity index (χ4v) is 1.83. The number of hydrogen-bond donors (Lipinski definition) is 3. The van der Waals surface area contributed by atoms with E-state index in [9.17, 15) is 14.7 Å². The third-order valence-corrected chi connectivity index (χ3v) is 2.90. The van der Waals surface area contributed by atoms with E-state index < -0.39 is 17.6 Å². The average molecular weight is 271 g/mol. The van der Waals surface area contributed by atoms with E-state index in [-0.39, 0.29) is 11.3 Å². The lowest BCUT2D eigenvalue weighted by Crippen LogP contribution is -2.14. The zero-order valence-corrected chi connectivity index (χ0v) is 10.8. The van der Waals surface area contributed by atoms with Gasteiger partial charge >= 0.3 is 5.97 Å². The Labute approximate surface area is 115 Å². The zero-order valence-electron chi connectivity index (χ0n) is 10.8. The third kappa shape index (κ3) is 2.61. The SMILES string of the molecule is Cc1ccccc1C(=O)Nc1cccc(C(=O)O)c1O. The monoisotopic (exact) mass is 271 g/mol. The van der Waals surface area contributed by atoms with Crippen LogP contribution in [0.25, 0.3) is 0 Å². The number of nitrogens with one attached hydrogen (secondary N) is 1. The van der Waals surface area contributed by atoms with Gasteiger partial charge in [-0.2, -0.15) is 0 Å². The molecule has 0 saturated heterocycles. The maximum Gasteiger partial charge on any atom is 0.339 e. The molecule has 0 aliphatic rings. The Morgan fingerprint density at radius 3 is 2.30 bits per heavy atom. The van der Waals surface area contributed by atoms with Crippen LogP contribution < -0.4 is 5.32 Å². The Morgan fingerprint density at radius 2 is 1.65 bits per heavy atom. The van der Waals surface area contributed by atoms with E-state index in [1.807, 2.05) is 6.07 Å². The van der Waals surface area contributed by atoms with Crippen LogP contribution in [0.3, 0.4) is 0 Å². The second-order valence-corrected chi connectivity index (χ2v) is 4.28. The van der Waals surface area contributed by atoms with Crippen molar-refractivity contribution in [1.29, 1.82) is 0 Å². The second kappa shape index (κ2) is 5.44. The molecule has 0 aliphatic carbocycles. The van der Waals surface area contributed by atoms with Gasteiger partial charge in [0.2, 0.25) is 0 Å². The van der Waals surface area contributed by atoms with Gasteiger partial charge < -0.3 is 15.5 Å². The van der Waals surface area contributed by atoms with Crippen LogP contribution in [0.2, 0.25) is 0 Å². The predicted molar refractivity (Wildman–Crippen MR) is 74.2 cm³/mol. The van der Waals surface area contributed by atoms with Crippen molar-refractivity contribution in [2.24, 2.45) is 0 Å². The van der Waals surface area contributed by atoms with Gasteiger partial charge in [0.15, 0.2) is 5.75 Å². The number of carbonyl (C=O) groups is 2. The molecule has 5 nitrogen and oxygen atoms in total. The molecule has 0 radical (unpaired) electrons. The van der Waals surface area contributed by atoms with Gasteiger partial charge in [-0.1, -0.05) is 24.3 Å². The Kier molecular flexibility index (Phi) is 3.70. The summed E-state index contributed by atoms with van der Waals surface area (Å²) < 4.78 is 0. The van der Waals surface area contributed by atoms with Gasteiger partial charge in [0.1, 0.15) is 5.56 Å². The number of aryl methyl sites for hydroxylation is 1. The number of phenols is 1. The number of anilines is 1. The van der Waals surface area contributed by atoms with Crippen LogP contribution in [-0.4, -0.2) is 22.1 Å². The summed E-state index contributed by atoms with van der Waals surface area (Å²) >= 11 is 0. The molecular weight excluding hydrogens is 258 g/mol. The fraction of sp³-hybridized carbons (Fsp3) is 0.0667. The van der Waals surface area contributed by atoms with Crippen molar-refractivity contribution in [3.8, 4) is 5.75 Å². The quantitative estimate of drug-likeness (QED) is 0.749. The fourth-order valence-electron chi connectivity index (χ4n) is 1.83. The molecule has 0 saturated carbocycles. The number of carbonyl (C=O) groups excluding carboxylic acids is 1. The molecule has 0 fully saturated rings. The van der Waals surface area contributed by atoms with Gasteiger partial charge in [-0.3, -0.25) is 4.79 Å². The highest BCUT2D eigenvalue weighted by molar-refractivity contribution is 6.07. The Morgan fingerprint density at radius 1 is 1.00 bits per heavy atom. The number of benzene rings is 2. The van der Waals surface area contributed by atoms with Crippen LogP contribution in [0.15, 0.2) is 42.5 Å². The smallest absolute Gasteiger partial charge is 0.339 e. The minimum atomic E-state index is -1.26. The molecule has 2 rings (SSSR count). The van der Waals surface area contributed by atoms with E-state index in [0.717, 1.165) is 5.56 Å². The highest BCUT2D eigenvalue weighted by Gasteiger charge is 2.15. The molecule has 0 spiro atoms. The van der Waals surface area contributed by atoms with Crippen molar-refractivity contribution in [1.82, 2.24) is 0 Å². The first-order valence-electron chi connectivity index (χ1n) is 5.93. The van der Waals surface area contributed by atoms with Crippen LogP contribution in [0, 0.1) is 6.92 Å². The van der Waals surface area contributed by atoms with Crippen LogP contribution in [0.4, 0.5) is 5.69 Å². The molecule has 5 heteroatoms. The highest BCUT2D eigenvalue weighted by atomic mass is 16.4. The van der Waals surface area contributed by atoms with Crippen LogP contribution >= 0.6 is 0 Å². The standard InChI is InChI=1S/C15H13NO4/c1-9-5-2-3-6-10(9)14(18)16-12-8-4-7-11(13(12)17)15(19)20/h2-8,17H,1H3,(H,16,18)(H,19,20). The zero-order chi connectivity index (χ0) is 14.7. The van der Waals surface area contributed by atoms with Crippen molar-refractivity contribution < 1.29 is 19.8 Å². The third-order valence-electron chi connectivity index (χ3n) is 2.90. The Bertz CT molecular complexity index is 679. The van der Waals surface area contributed by atoms with Crippen LogP contribution in [0.1, 0.15) is 26.3 Å². The van der Waals surface area contributed by atoms with Crippen LogP contribution in [0.5, 0.6) is 5.75 Å². The Hall–Kier alpha value is -2.82. The number of aromatic carboxylic acids is 1. The summed E-state index contributed by atoms with van der Waals surface area (Å²) in [5.41, 5.74) is 1.07. The number of carboxylic acids is 1. The lowest BCUT2D eigenvalue weighted by Gasteiger charge is -2.10. The molecule has 20 heavy (non-hydrogen) atoms. The van der Waals surface area contributed by atoms with E-state index in [2.05, 4.69) is 5.32 Å². The summed E-state index contributed by atoms with van der Waals surface area (Å²) in [6.45, 7) is 1.79. The maximum absolute atomic E-state index is 12.1. The topological polar surface area (TPSA) is 86.6 Å². The van der Waals surface area contributed by atoms with Crippen molar-refractivity contribution >= 4 is 17.6 Å². The molecule has 0 atom stereocenters. The summed E-state index contributed by atoms with van der Waals surface area (Å²) in [6.07, 6.45) is 0. The highest BCUT2D eigenvalue weighted by Crippen LogP contribution is 2.28. The van der Waals surface area contributed by atoms with Crippen molar-refractivity contribution in [2.45, 2.75) is 6.92 Å². The molecule has 2 aromatic carbocycles. The van der Waals surface area contributed by atoms with Gasteiger partial charge in [-0.15, -0.1) is 0 Å². The summed E-state index contributed by atoms with van der Waals surface area (Å²) in [5.74, 6) is -2.11. The van der Waals surface area contributed by atoms with E-state index in [4.69, 9.17) is 5.11 Å². The van der Waals surface area contributed by atoms with Crippen LogP contribution in [-0.2, 0) is 0 Å². The number of amides is 1.